The molecule has 0 aliphatic heterocycles. The normalized spacial score (nSPS) is 10.8. The van der Waals surface area contributed by atoms with E-state index in [2.05, 4.69) is 5.10 Å². The van der Waals surface area contributed by atoms with E-state index in [1.165, 1.54) is 12.1 Å². The molecule has 3 nitrogen and oxygen atoms in total. The molecule has 2 aromatic rings. The van der Waals surface area contributed by atoms with Gasteiger partial charge in [-0.25, -0.2) is 4.39 Å². The van der Waals surface area contributed by atoms with E-state index >= 15 is 0 Å². The van der Waals surface area contributed by atoms with Crippen molar-refractivity contribution in [2.45, 2.75) is 13.5 Å². The number of hydrogen-bond acceptors (Lipinski definition) is 2. The van der Waals surface area contributed by atoms with E-state index in [0.29, 0.717) is 29.4 Å². The number of benzene rings is 1. The predicted octanol–water partition coefficient (Wildman–Crippen LogP) is 2.61. The van der Waals surface area contributed by atoms with Gasteiger partial charge in [-0.3, -0.25) is 4.68 Å². The summed E-state index contributed by atoms with van der Waals surface area (Å²) < 4.78 is 15.5. The molecule has 1 aromatic carbocycles. The second-order valence-electron chi connectivity index (χ2n) is 3.81. The molecule has 0 atom stereocenters. The van der Waals surface area contributed by atoms with E-state index in [1.54, 1.807) is 10.7 Å². The van der Waals surface area contributed by atoms with Gasteiger partial charge in [0.25, 0.3) is 0 Å². The fourth-order valence-electron chi connectivity index (χ4n) is 1.75. The zero-order valence-electron chi connectivity index (χ0n) is 9.45. The van der Waals surface area contributed by atoms with Gasteiger partial charge in [0.2, 0.25) is 0 Å². The molecule has 90 valence electrons. The van der Waals surface area contributed by atoms with Crippen molar-refractivity contribution < 1.29 is 4.39 Å². The van der Waals surface area contributed by atoms with E-state index in [9.17, 15) is 4.39 Å². The van der Waals surface area contributed by atoms with Crippen LogP contribution in [0.2, 0.25) is 5.02 Å². The number of nitrogens with two attached hydrogens (primary N) is 1. The van der Waals surface area contributed by atoms with E-state index in [1.807, 2.05) is 13.0 Å². The fraction of sp³-hybridized carbons (Fsp3) is 0.250. The van der Waals surface area contributed by atoms with Crippen LogP contribution in [-0.4, -0.2) is 16.3 Å². The summed E-state index contributed by atoms with van der Waals surface area (Å²) in [4.78, 5) is 0. The number of halogens is 2. The van der Waals surface area contributed by atoms with Crippen LogP contribution in [0.1, 0.15) is 5.69 Å². The van der Waals surface area contributed by atoms with Crippen LogP contribution in [0.25, 0.3) is 11.3 Å². The monoisotopic (exact) mass is 253 g/mol. The van der Waals surface area contributed by atoms with Gasteiger partial charge in [-0.1, -0.05) is 11.6 Å². The third-order valence-electron chi connectivity index (χ3n) is 2.45. The lowest BCUT2D eigenvalue weighted by Gasteiger charge is -2.07. The van der Waals surface area contributed by atoms with Gasteiger partial charge in [0.05, 0.1) is 17.9 Å². The lowest BCUT2D eigenvalue weighted by Crippen LogP contribution is -2.12. The zero-order chi connectivity index (χ0) is 12.4. The quantitative estimate of drug-likeness (QED) is 0.914. The van der Waals surface area contributed by atoms with Gasteiger partial charge in [-0.15, -0.1) is 0 Å². The van der Waals surface area contributed by atoms with Crippen molar-refractivity contribution in [1.82, 2.24) is 9.78 Å². The molecule has 2 rings (SSSR count). The Labute approximate surface area is 104 Å². The maximum Gasteiger partial charge on any atom is 0.132 e. The van der Waals surface area contributed by atoms with Crippen LogP contribution in [0.4, 0.5) is 4.39 Å². The summed E-state index contributed by atoms with van der Waals surface area (Å²) in [6.07, 6.45) is 0. The number of hydrogen-bond donors (Lipinski definition) is 1. The fourth-order valence-corrected chi connectivity index (χ4v) is 1.92. The molecule has 0 spiro atoms. The van der Waals surface area contributed by atoms with Crippen molar-refractivity contribution in [3.8, 4) is 11.3 Å². The highest BCUT2D eigenvalue weighted by Crippen LogP contribution is 2.26. The summed E-state index contributed by atoms with van der Waals surface area (Å²) in [5, 5.41) is 4.77. The second-order valence-corrected chi connectivity index (χ2v) is 4.24. The SMILES string of the molecule is Cc1cc(-c2cc(Cl)ccc2F)n(CCN)n1. The second kappa shape index (κ2) is 4.85. The van der Waals surface area contributed by atoms with Crippen molar-refractivity contribution in [3.63, 3.8) is 0 Å². The number of aromatic nitrogens is 2. The summed E-state index contributed by atoms with van der Waals surface area (Å²) in [7, 11) is 0. The first-order valence-electron chi connectivity index (χ1n) is 5.32. The lowest BCUT2D eigenvalue weighted by atomic mass is 10.1. The molecule has 0 saturated heterocycles. The summed E-state index contributed by atoms with van der Waals surface area (Å²) in [6, 6.07) is 6.30. The van der Waals surface area contributed by atoms with E-state index in [4.69, 9.17) is 17.3 Å². The maximum atomic E-state index is 13.8. The van der Waals surface area contributed by atoms with Crippen LogP contribution in [0, 0.1) is 12.7 Å². The van der Waals surface area contributed by atoms with Crippen molar-refractivity contribution in [1.29, 1.82) is 0 Å². The molecule has 1 aromatic heterocycles. The maximum absolute atomic E-state index is 13.8. The van der Waals surface area contributed by atoms with E-state index in [-0.39, 0.29) is 5.82 Å². The number of nitrogens with zero attached hydrogens (tertiary/aromatic N) is 2. The predicted molar refractivity (Wildman–Crippen MR) is 66.4 cm³/mol. The van der Waals surface area contributed by atoms with Gasteiger partial charge in [0.15, 0.2) is 0 Å². The molecule has 0 amide bonds. The van der Waals surface area contributed by atoms with Crippen LogP contribution in [0.5, 0.6) is 0 Å². The molecule has 17 heavy (non-hydrogen) atoms. The van der Waals surface area contributed by atoms with Gasteiger partial charge in [0, 0.05) is 17.1 Å². The van der Waals surface area contributed by atoms with Gasteiger partial charge in [0.1, 0.15) is 5.82 Å². The molecule has 5 heteroatoms. The zero-order valence-corrected chi connectivity index (χ0v) is 10.2. The Morgan fingerprint density at radius 2 is 2.18 bits per heavy atom. The van der Waals surface area contributed by atoms with Gasteiger partial charge in [-0.2, -0.15) is 5.10 Å². The van der Waals surface area contributed by atoms with E-state index < -0.39 is 0 Å². The first-order chi connectivity index (χ1) is 8.11. The Morgan fingerprint density at radius 3 is 2.88 bits per heavy atom. The van der Waals surface area contributed by atoms with Crippen LogP contribution >= 0.6 is 11.6 Å². The van der Waals surface area contributed by atoms with Gasteiger partial charge < -0.3 is 5.73 Å². The van der Waals surface area contributed by atoms with Gasteiger partial charge in [-0.05, 0) is 31.2 Å². The van der Waals surface area contributed by atoms with Crippen LogP contribution in [-0.2, 0) is 6.54 Å². The molecule has 1 heterocycles. The van der Waals surface area contributed by atoms with Gasteiger partial charge >= 0.3 is 0 Å². The molecular weight excluding hydrogens is 241 g/mol. The Hall–Kier alpha value is -1.39. The molecule has 0 radical (unpaired) electrons. The molecule has 0 saturated carbocycles. The van der Waals surface area contributed by atoms with Crippen molar-refractivity contribution >= 4 is 11.6 Å². The highest BCUT2D eigenvalue weighted by molar-refractivity contribution is 6.30. The average Bonchev–Trinajstić information content (AvgIpc) is 2.64. The Morgan fingerprint density at radius 1 is 1.41 bits per heavy atom. The molecule has 2 N–H and O–H groups in total. The minimum atomic E-state index is -0.312. The van der Waals surface area contributed by atoms with E-state index in [0.717, 1.165) is 5.69 Å². The van der Waals surface area contributed by atoms with Crippen molar-refractivity contribution in [2.75, 3.05) is 6.54 Å². The minimum absolute atomic E-state index is 0.312. The smallest absolute Gasteiger partial charge is 0.132 e. The highest BCUT2D eigenvalue weighted by atomic mass is 35.5. The molecule has 0 unspecified atom stereocenters. The van der Waals surface area contributed by atoms with Crippen LogP contribution in [0.3, 0.4) is 0 Å². The molecular formula is C12H13ClFN3. The van der Waals surface area contributed by atoms with Crippen molar-refractivity contribution in [3.05, 3.63) is 40.8 Å². The number of rotatable bonds is 3. The number of aryl methyl sites for hydroxylation is 1. The third-order valence-corrected chi connectivity index (χ3v) is 2.68. The van der Waals surface area contributed by atoms with Crippen molar-refractivity contribution in [2.24, 2.45) is 5.73 Å². The molecule has 0 fully saturated rings. The average molecular weight is 254 g/mol. The highest BCUT2D eigenvalue weighted by Gasteiger charge is 2.12. The van der Waals surface area contributed by atoms with Crippen LogP contribution in [0.15, 0.2) is 24.3 Å². The molecule has 0 aliphatic carbocycles. The third kappa shape index (κ3) is 2.48. The largest absolute Gasteiger partial charge is 0.329 e. The summed E-state index contributed by atoms with van der Waals surface area (Å²) in [5.41, 5.74) is 7.48. The first-order valence-corrected chi connectivity index (χ1v) is 5.69. The lowest BCUT2D eigenvalue weighted by molar-refractivity contribution is 0.609. The first kappa shape index (κ1) is 12.1. The summed E-state index contributed by atoms with van der Waals surface area (Å²) in [5.74, 6) is -0.312. The Bertz CT molecular complexity index is 537. The summed E-state index contributed by atoms with van der Waals surface area (Å²) >= 11 is 5.88. The Balaban J connectivity index is 2.55. The standard InChI is InChI=1S/C12H13ClFN3/c1-8-6-12(17(16-8)5-4-15)10-7-9(13)2-3-11(10)14/h2-3,6-7H,4-5,15H2,1H3. The molecule has 0 bridgehead atoms. The summed E-state index contributed by atoms with van der Waals surface area (Å²) in [6.45, 7) is 2.87. The molecule has 0 aliphatic rings. The van der Waals surface area contributed by atoms with Crippen LogP contribution < -0.4 is 5.73 Å². The topological polar surface area (TPSA) is 43.8 Å². The minimum Gasteiger partial charge on any atom is -0.329 e. The Kier molecular flexibility index (Phi) is 3.45.